The number of carbonyl (C=O) groups is 3. The molecule has 1 aliphatic rings. The van der Waals surface area contributed by atoms with Crippen LogP contribution in [-0.2, 0) is 14.3 Å². The molecular weight excluding hydrogens is 242 g/mol. The molecule has 102 valence electrons. The molecule has 3 amide bonds. The Bertz CT molecular complexity index is 333. The number of nitrogens with two attached hydrogens (primary N) is 1. The molecule has 0 aromatic rings. The average Bonchev–Trinajstić information content (AvgIpc) is 2.77. The number of ether oxygens (including phenoxy) is 1. The van der Waals surface area contributed by atoms with Gasteiger partial charge in [-0.2, -0.15) is 0 Å². The van der Waals surface area contributed by atoms with Gasteiger partial charge in [-0.15, -0.1) is 0 Å². The van der Waals surface area contributed by atoms with E-state index in [0.717, 1.165) is 0 Å². The lowest BCUT2D eigenvalue weighted by molar-refractivity contribution is -0.142. The Morgan fingerprint density at radius 3 is 2.72 bits per heavy atom. The Hall–Kier alpha value is -1.83. The van der Waals surface area contributed by atoms with Crippen LogP contribution in [0.1, 0.15) is 6.42 Å². The Kier molecular flexibility index (Phi) is 5.37. The Labute approximate surface area is 104 Å². The minimum Gasteiger partial charge on any atom is -0.480 e. The van der Waals surface area contributed by atoms with Crippen molar-refractivity contribution >= 4 is 17.9 Å². The Balaban J connectivity index is 2.14. The molecule has 18 heavy (non-hydrogen) atoms. The van der Waals surface area contributed by atoms with Crippen molar-refractivity contribution in [2.75, 3.05) is 32.8 Å². The first kappa shape index (κ1) is 14.2. The molecule has 0 bridgehead atoms. The van der Waals surface area contributed by atoms with Gasteiger partial charge in [0.2, 0.25) is 5.91 Å². The molecule has 4 N–H and O–H groups in total. The first-order valence-corrected chi connectivity index (χ1v) is 5.62. The summed E-state index contributed by atoms with van der Waals surface area (Å²) in [5, 5.41) is 10.9. The van der Waals surface area contributed by atoms with Gasteiger partial charge in [-0.3, -0.25) is 4.79 Å². The van der Waals surface area contributed by atoms with Crippen LogP contribution in [0.4, 0.5) is 4.79 Å². The monoisotopic (exact) mass is 259 g/mol. The summed E-state index contributed by atoms with van der Waals surface area (Å²) in [5.41, 5.74) is 5.16. The lowest BCUT2D eigenvalue weighted by Crippen LogP contribution is -2.40. The van der Waals surface area contributed by atoms with Crippen LogP contribution in [0.25, 0.3) is 0 Å². The van der Waals surface area contributed by atoms with Crippen LogP contribution in [0.15, 0.2) is 0 Å². The fourth-order valence-electron chi connectivity index (χ4n) is 1.68. The maximum Gasteiger partial charge on any atom is 0.329 e. The van der Waals surface area contributed by atoms with Gasteiger partial charge in [0.1, 0.15) is 6.61 Å². The summed E-state index contributed by atoms with van der Waals surface area (Å²) in [6, 6.07) is -0.294. The molecule has 1 heterocycles. The quantitative estimate of drug-likeness (QED) is 0.507. The molecule has 1 rings (SSSR count). The van der Waals surface area contributed by atoms with Crippen LogP contribution in [0.5, 0.6) is 0 Å². The number of carboxylic acids is 1. The average molecular weight is 259 g/mol. The number of carboxylic acid groups (broad SMARTS) is 1. The fourth-order valence-corrected chi connectivity index (χ4v) is 1.68. The van der Waals surface area contributed by atoms with Crippen LogP contribution in [0, 0.1) is 5.92 Å². The second-order valence-electron chi connectivity index (χ2n) is 4.01. The predicted octanol–water partition coefficient (Wildman–Crippen LogP) is -1.40. The molecule has 8 heteroatoms. The van der Waals surface area contributed by atoms with Gasteiger partial charge in [0, 0.05) is 19.6 Å². The molecule has 1 aliphatic heterocycles. The lowest BCUT2D eigenvalue weighted by atomic mass is 10.1. The highest BCUT2D eigenvalue weighted by Gasteiger charge is 2.29. The molecule has 0 saturated carbocycles. The van der Waals surface area contributed by atoms with Gasteiger partial charge >= 0.3 is 12.0 Å². The lowest BCUT2D eigenvalue weighted by Gasteiger charge is -2.16. The number of rotatable bonds is 6. The number of nitrogens with one attached hydrogen (secondary N) is 1. The molecule has 1 fully saturated rings. The van der Waals surface area contributed by atoms with E-state index in [1.54, 1.807) is 0 Å². The van der Waals surface area contributed by atoms with Gasteiger partial charge in [0.15, 0.2) is 0 Å². The largest absolute Gasteiger partial charge is 0.480 e. The molecule has 1 atom stereocenters. The van der Waals surface area contributed by atoms with E-state index in [4.69, 9.17) is 15.6 Å². The van der Waals surface area contributed by atoms with Crippen molar-refractivity contribution in [3.63, 3.8) is 0 Å². The summed E-state index contributed by atoms with van der Waals surface area (Å²) in [6.07, 6.45) is 0.582. The SMILES string of the molecule is NC(=O)C1CCN(C(=O)NCCOCC(=O)O)C1. The highest BCUT2D eigenvalue weighted by Crippen LogP contribution is 2.15. The van der Waals surface area contributed by atoms with E-state index in [1.807, 2.05) is 0 Å². The Morgan fingerprint density at radius 1 is 1.44 bits per heavy atom. The normalized spacial score (nSPS) is 18.7. The van der Waals surface area contributed by atoms with Crippen molar-refractivity contribution in [1.29, 1.82) is 0 Å². The zero-order valence-electron chi connectivity index (χ0n) is 9.92. The minimum atomic E-state index is -1.05. The summed E-state index contributed by atoms with van der Waals surface area (Å²) in [6.45, 7) is 0.797. The van der Waals surface area contributed by atoms with Gasteiger partial charge in [0.25, 0.3) is 0 Å². The maximum absolute atomic E-state index is 11.6. The smallest absolute Gasteiger partial charge is 0.329 e. The van der Waals surface area contributed by atoms with E-state index < -0.39 is 11.9 Å². The molecule has 8 nitrogen and oxygen atoms in total. The summed E-state index contributed by atoms with van der Waals surface area (Å²) in [7, 11) is 0. The first-order valence-electron chi connectivity index (χ1n) is 5.62. The summed E-state index contributed by atoms with van der Waals surface area (Å²) >= 11 is 0. The minimum absolute atomic E-state index is 0.130. The number of urea groups is 1. The summed E-state index contributed by atoms with van der Waals surface area (Å²) in [4.78, 5) is 34.2. The number of likely N-dealkylation sites (tertiary alicyclic amines) is 1. The number of hydrogen-bond donors (Lipinski definition) is 3. The fraction of sp³-hybridized carbons (Fsp3) is 0.700. The molecule has 1 unspecified atom stereocenters. The number of primary amides is 1. The van der Waals surface area contributed by atoms with Gasteiger partial charge in [-0.1, -0.05) is 0 Å². The van der Waals surface area contributed by atoms with Gasteiger partial charge in [-0.05, 0) is 6.42 Å². The Morgan fingerprint density at radius 2 is 2.17 bits per heavy atom. The number of amides is 3. The van der Waals surface area contributed by atoms with E-state index in [9.17, 15) is 14.4 Å². The van der Waals surface area contributed by atoms with Crippen LogP contribution >= 0.6 is 0 Å². The second-order valence-corrected chi connectivity index (χ2v) is 4.01. The third-order valence-corrected chi connectivity index (χ3v) is 2.63. The zero-order chi connectivity index (χ0) is 13.5. The van der Waals surface area contributed by atoms with Crippen molar-refractivity contribution in [1.82, 2.24) is 10.2 Å². The summed E-state index contributed by atoms with van der Waals surface area (Å²) in [5.74, 6) is -1.72. The van der Waals surface area contributed by atoms with Crippen LogP contribution in [-0.4, -0.2) is 60.8 Å². The van der Waals surface area contributed by atoms with Crippen molar-refractivity contribution in [3.05, 3.63) is 0 Å². The molecule has 0 aliphatic carbocycles. The number of aliphatic carboxylic acids is 1. The van der Waals surface area contributed by atoms with Crippen molar-refractivity contribution in [3.8, 4) is 0 Å². The van der Waals surface area contributed by atoms with E-state index >= 15 is 0 Å². The summed E-state index contributed by atoms with van der Waals surface area (Å²) < 4.78 is 4.76. The van der Waals surface area contributed by atoms with E-state index in [0.29, 0.717) is 19.5 Å². The predicted molar refractivity (Wildman–Crippen MR) is 60.7 cm³/mol. The topological polar surface area (TPSA) is 122 Å². The number of nitrogens with zero attached hydrogens (tertiary/aromatic N) is 1. The highest BCUT2D eigenvalue weighted by molar-refractivity contribution is 5.80. The third kappa shape index (κ3) is 4.58. The van der Waals surface area contributed by atoms with Crippen molar-refractivity contribution in [2.24, 2.45) is 11.7 Å². The highest BCUT2D eigenvalue weighted by atomic mass is 16.5. The third-order valence-electron chi connectivity index (χ3n) is 2.63. The van der Waals surface area contributed by atoms with E-state index in [1.165, 1.54) is 4.90 Å². The number of carbonyl (C=O) groups excluding carboxylic acids is 2. The first-order chi connectivity index (χ1) is 8.50. The van der Waals surface area contributed by atoms with Gasteiger partial charge in [0.05, 0.1) is 12.5 Å². The van der Waals surface area contributed by atoms with Gasteiger partial charge < -0.3 is 25.8 Å². The zero-order valence-corrected chi connectivity index (χ0v) is 9.92. The molecule has 0 aromatic carbocycles. The standard InChI is InChI=1S/C10H17N3O5/c11-9(16)7-1-3-13(5-7)10(17)12-2-4-18-6-8(14)15/h7H,1-6H2,(H2,11,16)(H,12,17)(H,14,15). The van der Waals surface area contributed by atoms with Crippen LogP contribution in [0.3, 0.4) is 0 Å². The molecule has 0 aromatic heterocycles. The van der Waals surface area contributed by atoms with Crippen molar-refractivity contribution < 1.29 is 24.2 Å². The number of hydrogen-bond acceptors (Lipinski definition) is 4. The van der Waals surface area contributed by atoms with E-state index in [-0.39, 0.29) is 31.7 Å². The molecule has 0 radical (unpaired) electrons. The molecule has 1 saturated heterocycles. The second kappa shape index (κ2) is 6.80. The molecule has 0 spiro atoms. The van der Waals surface area contributed by atoms with Crippen molar-refractivity contribution in [2.45, 2.75) is 6.42 Å². The van der Waals surface area contributed by atoms with Gasteiger partial charge in [-0.25, -0.2) is 9.59 Å². The van der Waals surface area contributed by atoms with Crippen LogP contribution in [0.2, 0.25) is 0 Å². The van der Waals surface area contributed by atoms with E-state index in [2.05, 4.69) is 5.32 Å². The maximum atomic E-state index is 11.6. The molecular formula is C10H17N3O5. The van der Waals surface area contributed by atoms with Crippen LogP contribution < -0.4 is 11.1 Å².